The topological polar surface area (TPSA) is 35.5 Å². The highest BCUT2D eigenvalue weighted by Crippen LogP contribution is 2.41. The molecular formula is C15H22ClFN2O. The molecule has 1 heterocycles. The van der Waals surface area contributed by atoms with Crippen LogP contribution in [0.4, 0.5) is 4.39 Å². The smallest absolute Gasteiger partial charge is 0.142 e. The zero-order valence-electron chi connectivity index (χ0n) is 12.0. The van der Waals surface area contributed by atoms with Gasteiger partial charge in [0.15, 0.2) is 0 Å². The lowest BCUT2D eigenvalue weighted by Crippen LogP contribution is -2.49. The van der Waals surface area contributed by atoms with Gasteiger partial charge in [-0.2, -0.15) is 0 Å². The first-order chi connectivity index (χ1) is 9.47. The van der Waals surface area contributed by atoms with Crippen molar-refractivity contribution in [2.24, 2.45) is 5.41 Å². The first-order valence-electron chi connectivity index (χ1n) is 6.97. The second-order valence-electron chi connectivity index (χ2n) is 5.98. The molecule has 5 heteroatoms. The number of benzene rings is 1. The summed E-state index contributed by atoms with van der Waals surface area (Å²) in [4.78, 5) is 2.27. The Morgan fingerprint density at radius 3 is 2.65 bits per heavy atom. The number of nitrogens with zero attached hydrogens (tertiary/aromatic N) is 1. The number of hydrogen-bond donors (Lipinski definition) is 2. The van der Waals surface area contributed by atoms with E-state index in [1.165, 1.54) is 6.07 Å². The molecule has 1 aliphatic heterocycles. The number of aliphatic hydroxyl groups is 1. The predicted octanol–water partition coefficient (Wildman–Crippen LogP) is 2.44. The van der Waals surface area contributed by atoms with Crippen LogP contribution in [-0.2, 0) is 0 Å². The second-order valence-corrected chi connectivity index (χ2v) is 6.36. The zero-order valence-corrected chi connectivity index (χ0v) is 12.8. The quantitative estimate of drug-likeness (QED) is 0.896. The van der Waals surface area contributed by atoms with Crippen molar-refractivity contribution in [1.82, 2.24) is 10.2 Å². The Bertz CT molecular complexity index is 461. The normalized spacial score (nSPS) is 19.1. The van der Waals surface area contributed by atoms with Gasteiger partial charge in [0, 0.05) is 44.2 Å². The summed E-state index contributed by atoms with van der Waals surface area (Å²) < 4.78 is 13.8. The van der Waals surface area contributed by atoms with Crippen LogP contribution in [0.3, 0.4) is 0 Å². The number of nitrogens with one attached hydrogen (secondary N) is 1. The molecule has 1 aliphatic rings. The maximum atomic E-state index is 13.8. The third-order valence-electron chi connectivity index (χ3n) is 3.94. The van der Waals surface area contributed by atoms with E-state index in [4.69, 9.17) is 11.6 Å². The van der Waals surface area contributed by atoms with Crippen molar-refractivity contribution in [3.8, 4) is 0 Å². The highest BCUT2D eigenvalue weighted by molar-refractivity contribution is 6.31. The van der Waals surface area contributed by atoms with Gasteiger partial charge in [0.2, 0.25) is 0 Å². The third kappa shape index (κ3) is 3.14. The van der Waals surface area contributed by atoms with E-state index in [1.54, 1.807) is 6.07 Å². The summed E-state index contributed by atoms with van der Waals surface area (Å²) in [6.45, 7) is 7.51. The molecule has 0 saturated carbocycles. The molecule has 0 spiro atoms. The maximum absolute atomic E-state index is 13.8. The molecule has 1 aromatic rings. The number of hydrogen-bond acceptors (Lipinski definition) is 3. The SMILES string of the molecule is CC(C)(CO)[C@H](c1cccc(F)c1Cl)N1CCNCC1. The van der Waals surface area contributed by atoms with E-state index in [-0.39, 0.29) is 17.7 Å². The predicted molar refractivity (Wildman–Crippen MR) is 79.5 cm³/mol. The summed E-state index contributed by atoms with van der Waals surface area (Å²) in [5.74, 6) is -0.405. The Labute approximate surface area is 124 Å². The van der Waals surface area contributed by atoms with Crippen LogP contribution in [0, 0.1) is 11.2 Å². The molecule has 0 unspecified atom stereocenters. The summed E-state index contributed by atoms with van der Waals surface area (Å²) in [7, 11) is 0. The van der Waals surface area contributed by atoms with Crippen LogP contribution in [0.5, 0.6) is 0 Å². The number of piperazine rings is 1. The molecule has 2 N–H and O–H groups in total. The monoisotopic (exact) mass is 300 g/mol. The van der Waals surface area contributed by atoms with Gasteiger partial charge in [-0.25, -0.2) is 4.39 Å². The van der Waals surface area contributed by atoms with Crippen molar-refractivity contribution in [2.45, 2.75) is 19.9 Å². The number of aliphatic hydroxyl groups excluding tert-OH is 1. The lowest BCUT2D eigenvalue weighted by molar-refractivity contribution is 0.0304. The van der Waals surface area contributed by atoms with Crippen molar-refractivity contribution in [3.63, 3.8) is 0 Å². The van der Waals surface area contributed by atoms with Gasteiger partial charge in [-0.1, -0.05) is 37.6 Å². The second kappa shape index (κ2) is 6.39. The van der Waals surface area contributed by atoms with E-state index >= 15 is 0 Å². The molecule has 20 heavy (non-hydrogen) atoms. The largest absolute Gasteiger partial charge is 0.396 e. The minimum Gasteiger partial charge on any atom is -0.396 e. The fourth-order valence-electron chi connectivity index (χ4n) is 2.87. The van der Waals surface area contributed by atoms with Crippen LogP contribution in [0.25, 0.3) is 0 Å². The van der Waals surface area contributed by atoms with Gasteiger partial charge in [-0.15, -0.1) is 0 Å². The number of rotatable bonds is 4. The minimum atomic E-state index is -0.405. The van der Waals surface area contributed by atoms with Crippen LogP contribution >= 0.6 is 11.6 Å². The first-order valence-corrected chi connectivity index (χ1v) is 7.34. The Morgan fingerprint density at radius 1 is 1.40 bits per heavy atom. The van der Waals surface area contributed by atoms with E-state index < -0.39 is 11.2 Å². The van der Waals surface area contributed by atoms with Crippen molar-refractivity contribution < 1.29 is 9.50 Å². The van der Waals surface area contributed by atoms with E-state index in [2.05, 4.69) is 10.2 Å². The van der Waals surface area contributed by atoms with E-state index in [9.17, 15) is 9.50 Å². The van der Waals surface area contributed by atoms with Crippen molar-refractivity contribution in [2.75, 3.05) is 32.8 Å². The standard InChI is InChI=1S/C15H22ClFN2O/c1-15(2,10-20)14(19-8-6-18-7-9-19)11-4-3-5-12(17)13(11)16/h3-5,14,18,20H,6-10H2,1-2H3/t14-/m0/s1. The van der Waals surface area contributed by atoms with E-state index in [0.29, 0.717) is 0 Å². The van der Waals surface area contributed by atoms with Crippen LogP contribution in [-0.4, -0.2) is 42.8 Å². The molecule has 0 radical (unpaired) electrons. The molecule has 0 amide bonds. The highest BCUT2D eigenvalue weighted by Gasteiger charge is 2.37. The molecule has 0 bridgehead atoms. The molecule has 112 valence electrons. The van der Waals surface area contributed by atoms with Crippen molar-refractivity contribution >= 4 is 11.6 Å². The van der Waals surface area contributed by atoms with Gasteiger partial charge in [0.25, 0.3) is 0 Å². The molecular weight excluding hydrogens is 279 g/mol. The Morgan fingerprint density at radius 2 is 2.05 bits per heavy atom. The van der Waals surface area contributed by atoms with Gasteiger partial charge < -0.3 is 10.4 Å². The van der Waals surface area contributed by atoms with Crippen molar-refractivity contribution in [3.05, 3.63) is 34.6 Å². The lowest BCUT2D eigenvalue weighted by Gasteiger charge is -2.43. The van der Waals surface area contributed by atoms with Gasteiger partial charge in [0.1, 0.15) is 5.82 Å². The molecule has 1 fully saturated rings. The van der Waals surface area contributed by atoms with E-state index in [0.717, 1.165) is 31.7 Å². The zero-order chi connectivity index (χ0) is 14.8. The first kappa shape index (κ1) is 15.7. The summed E-state index contributed by atoms with van der Waals surface area (Å²) in [5.41, 5.74) is 0.363. The minimum absolute atomic E-state index is 0.0223. The lowest BCUT2D eigenvalue weighted by atomic mass is 9.79. The summed E-state index contributed by atoms with van der Waals surface area (Å²) >= 11 is 6.17. The molecule has 1 saturated heterocycles. The molecule has 0 aromatic heterocycles. The molecule has 3 nitrogen and oxygen atoms in total. The van der Waals surface area contributed by atoms with E-state index in [1.807, 2.05) is 19.9 Å². The van der Waals surface area contributed by atoms with Crippen LogP contribution in [0.1, 0.15) is 25.5 Å². The van der Waals surface area contributed by atoms with Crippen LogP contribution < -0.4 is 5.32 Å². The van der Waals surface area contributed by atoms with Gasteiger partial charge in [-0.3, -0.25) is 4.90 Å². The summed E-state index contributed by atoms with van der Waals surface area (Å²) in [6.07, 6.45) is 0. The molecule has 0 aliphatic carbocycles. The Kier molecular flexibility index (Phi) is 5.02. The summed E-state index contributed by atoms with van der Waals surface area (Å²) in [5, 5.41) is 13.2. The van der Waals surface area contributed by atoms with Gasteiger partial charge in [-0.05, 0) is 11.6 Å². The molecule has 1 aromatic carbocycles. The molecule has 1 atom stereocenters. The average Bonchev–Trinajstić information content (AvgIpc) is 2.45. The Hall–Kier alpha value is -0.680. The average molecular weight is 301 g/mol. The summed E-state index contributed by atoms with van der Waals surface area (Å²) in [6, 6.07) is 4.80. The van der Waals surface area contributed by atoms with Gasteiger partial charge in [0.05, 0.1) is 5.02 Å². The fourth-order valence-corrected chi connectivity index (χ4v) is 3.10. The molecule has 2 rings (SSSR count). The van der Waals surface area contributed by atoms with Crippen LogP contribution in [0.15, 0.2) is 18.2 Å². The fraction of sp³-hybridized carbons (Fsp3) is 0.600. The van der Waals surface area contributed by atoms with Gasteiger partial charge >= 0.3 is 0 Å². The number of halogens is 2. The third-order valence-corrected chi connectivity index (χ3v) is 4.34. The highest BCUT2D eigenvalue weighted by atomic mass is 35.5. The Balaban J connectivity index is 2.42. The van der Waals surface area contributed by atoms with Crippen molar-refractivity contribution in [1.29, 1.82) is 0 Å². The maximum Gasteiger partial charge on any atom is 0.142 e. The van der Waals surface area contributed by atoms with Crippen LogP contribution in [0.2, 0.25) is 5.02 Å².